The summed E-state index contributed by atoms with van der Waals surface area (Å²) in [5, 5.41) is 3.37. The van der Waals surface area contributed by atoms with Gasteiger partial charge in [-0.3, -0.25) is 14.5 Å². The normalized spacial score (nSPS) is 17.6. The number of likely N-dealkylation sites (tertiary alicyclic amines) is 1. The second kappa shape index (κ2) is 11.5. The van der Waals surface area contributed by atoms with Crippen molar-refractivity contribution < 1.29 is 14.3 Å². The van der Waals surface area contributed by atoms with E-state index in [-0.39, 0.29) is 12.5 Å². The summed E-state index contributed by atoms with van der Waals surface area (Å²) in [5.74, 6) is 1.23. The summed E-state index contributed by atoms with van der Waals surface area (Å²) in [5.41, 5.74) is 6.13. The summed E-state index contributed by atoms with van der Waals surface area (Å²) in [6, 6.07) is 7.53. The first kappa shape index (κ1) is 22.9. The third kappa shape index (κ3) is 7.13. The molecule has 3 rings (SSSR count). The van der Waals surface area contributed by atoms with Crippen LogP contribution in [0.4, 0.5) is 0 Å². The molecule has 2 heterocycles. The highest BCUT2D eigenvalue weighted by Gasteiger charge is 2.24. The van der Waals surface area contributed by atoms with E-state index in [1.807, 2.05) is 23.1 Å². The second-order valence-electron chi connectivity index (χ2n) is 7.92. The molecule has 2 fully saturated rings. The van der Waals surface area contributed by atoms with E-state index in [0.29, 0.717) is 18.8 Å². The summed E-state index contributed by atoms with van der Waals surface area (Å²) in [6.07, 6.45) is 2.25. The summed E-state index contributed by atoms with van der Waals surface area (Å²) < 4.78 is 5.37. The number of hydrogen-bond acceptors (Lipinski definition) is 5. The fourth-order valence-electron chi connectivity index (χ4n) is 3.86. The second-order valence-corrected chi connectivity index (χ2v) is 7.92. The van der Waals surface area contributed by atoms with Gasteiger partial charge < -0.3 is 25.6 Å². The van der Waals surface area contributed by atoms with Gasteiger partial charge in [0.1, 0.15) is 5.75 Å². The number of nitrogens with two attached hydrogens (primary N) is 1. The fourth-order valence-corrected chi connectivity index (χ4v) is 3.86. The summed E-state index contributed by atoms with van der Waals surface area (Å²) in [7, 11) is 0. The van der Waals surface area contributed by atoms with Crippen molar-refractivity contribution in [2.24, 2.45) is 10.7 Å². The lowest BCUT2D eigenvalue weighted by Crippen LogP contribution is -2.54. The molecular weight excluding hydrogens is 396 g/mol. The molecule has 1 aromatic rings. The van der Waals surface area contributed by atoms with E-state index in [1.54, 1.807) is 6.07 Å². The summed E-state index contributed by atoms with van der Waals surface area (Å²) in [4.78, 5) is 34.6. The highest BCUT2D eigenvalue weighted by atomic mass is 16.5. The van der Waals surface area contributed by atoms with Gasteiger partial charge in [0.05, 0.1) is 13.1 Å². The number of nitrogens with zero attached hydrogens (tertiary/aromatic N) is 4. The largest absolute Gasteiger partial charge is 0.484 e. The Morgan fingerprint density at radius 3 is 2.52 bits per heavy atom. The highest BCUT2D eigenvalue weighted by Crippen LogP contribution is 2.14. The molecule has 2 aliphatic heterocycles. The first-order valence-electron chi connectivity index (χ1n) is 11.1. The van der Waals surface area contributed by atoms with Gasteiger partial charge in [-0.2, -0.15) is 0 Å². The van der Waals surface area contributed by atoms with E-state index in [2.05, 4.69) is 22.0 Å². The third-order valence-electron chi connectivity index (χ3n) is 5.52. The van der Waals surface area contributed by atoms with Crippen LogP contribution in [0, 0.1) is 0 Å². The number of ether oxygens (including phenoxy) is 1. The quantitative estimate of drug-likeness (QED) is 0.453. The number of rotatable bonds is 8. The molecule has 2 aliphatic rings. The molecule has 9 heteroatoms. The van der Waals surface area contributed by atoms with Gasteiger partial charge in [0.2, 0.25) is 5.91 Å². The predicted molar refractivity (Wildman–Crippen MR) is 120 cm³/mol. The van der Waals surface area contributed by atoms with Crippen LogP contribution >= 0.6 is 0 Å². The van der Waals surface area contributed by atoms with Crippen molar-refractivity contribution in [2.45, 2.75) is 26.3 Å². The molecular formula is C22H34N6O3. The Labute approximate surface area is 184 Å². The lowest BCUT2D eigenvalue weighted by molar-refractivity contribution is -0.131. The number of primary amides is 1. The number of nitrogens with one attached hydrogen (secondary N) is 1. The van der Waals surface area contributed by atoms with Crippen LogP contribution in [0.1, 0.15) is 25.3 Å². The number of guanidine groups is 1. The minimum absolute atomic E-state index is 0.139. The number of amides is 2. The zero-order chi connectivity index (χ0) is 22.1. The van der Waals surface area contributed by atoms with Gasteiger partial charge in [-0.1, -0.05) is 12.1 Å². The van der Waals surface area contributed by atoms with Crippen LogP contribution in [0.5, 0.6) is 5.75 Å². The van der Waals surface area contributed by atoms with E-state index < -0.39 is 5.91 Å². The molecule has 0 spiro atoms. The lowest BCUT2D eigenvalue weighted by atomic mass is 10.2. The molecule has 0 saturated carbocycles. The molecule has 2 saturated heterocycles. The minimum Gasteiger partial charge on any atom is -0.484 e. The molecule has 1 aromatic carbocycles. The standard InChI is InChI=1S/C22H34N6O3/c1-2-24-22(25-15-18-6-5-7-19(14-18)31-17-20(23)29)28-12-10-26(11-13-28)16-21(30)27-8-3-4-9-27/h5-7,14H,2-4,8-13,15-17H2,1H3,(H2,23,29)(H,24,25). The molecule has 3 N–H and O–H groups in total. The van der Waals surface area contributed by atoms with Crippen LogP contribution in [0.25, 0.3) is 0 Å². The van der Waals surface area contributed by atoms with Crippen molar-refractivity contribution in [2.75, 3.05) is 59.0 Å². The van der Waals surface area contributed by atoms with Crippen LogP contribution in [-0.4, -0.2) is 91.4 Å². The Morgan fingerprint density at radius 2 is 1.84 bits per heavy atom. The Hall–Kier alpha value is -2.81. The first-order chi connectivity index (χ1) is 15.0. The van der Waals surface area contributed by atoms with Crippen molar-refractivity contribution in [3.63, 3.8) is 0 Å². The maximum absolute atomic E-state index is 12.4. The topological polar surface area (TPSA) is 103 Å². The average Bonchev–Trinajstić information content (AvgIpc) is 3.31. The van der Waals surface area contributed by atoms with Crippen LogP contribution < -0.4 is 15.8 Å². The molecule has 0 unspecified atom stereocenters. The number of benzene rings is 1. The number of carbonyl (C=O) groups excluding carboxylic acids is 2. The molecule has 170 valence electrons. The number of hydrogen-bond donors (Lipinski definition) is 2. The molecule has 0 atom stereocenters. The maximum Gasteiger partial charge on any atom is 0.255 e. The number of aliphatic imine (C=N–C) groups is 1. The Balaban J connectivity index is 1.52. The Bertz CT molecular complexity index is 770. The van der Waals surface area contributed by atoms with Crippen molar-refractivity contribution in [1.82, 2.24) is 20.0 Å². The highest BCUT2D eigenvalue weighted by molar-refractivity contribution is 5.80. The van der Waals surface area contributed by atoms with E-state index in [4.69, 9.17) is 15.5 Å². The number of carbonyl (C=O) groups is 2. The number of piperazine rings is 1. The summed E-state index contributed by atoms with van der Waals surface area (Å²) in [6.45, 7) is 8.90. The van der Waals surface area contributed by atoms with Crippen molar-refractivity contribution >= 4 is 17.8 Å². The molecule has 9 nitrogen and oxygen atoms in total. The van der Waals surface area contributed by atoms with Crippen LogP contribution in [0.15, 0.2) is 29.3 Å². The monoisotopic (exact) mass is 430 g/mol. The van der Waals surface area contributed by atoms with Crippen molar-refractivity contribution in [1.29, 1.82) is 0 Å². The molecule has 0 aromatic heterocycles. The summed E-state index contributed by atoms with van der Waals surface area (Å²) >= 11 is 0. The van der Waals surface area contributed by atoms with Gasteiger partial charge >= 0.3 is 0 Å². The van der Waals surface area contributed by atoms with E-state index in [1.165, 1.54) is 0 Å². The van der Waals surface area contributed by atoms with Gasteiger partial charge in [-0.25, -0.2) is 4.99 Å². The van der Waals surface area contributed by atoms with Gasteiger partial charge in [-0.15, -0.1) is 0 Å². The lowest BCUT2D eigenvalue weighted by Gasteiger charge is -2.36. The zero-order valence-corrected chi connectivity index (χ0v) is 18.4. The van der Waals surface area contributed by atoms with Crippen molar-refractivity contribution in [3.8, 4) is 5.75 Å². The molecule has 0 radical (unpaired) electrons. The van der Waals surface area contributed by atoms with Gasteiger partial charge in [-0.05, 0) is 37.5 Å². The van der Waals surface area contributed by atoms with E-state index >= 15 is 0 Å². The molecule has 31 heavy (non-hydrogen) atoms. The minimum atomic E-state index is -0.501. The predicted octanol–water partition coefficient (Wildman–Crippen LogP) is 0.256. The third-order valence-corrected chi connectivity index (χ3v) is 5.52. The molecule has 0 bridgehead atoms. The average molecular weight is 431 g/mol. The Kier molecular flexibility index (Phi) is 8.52. The van der Waals surface area contributed by atoms with Crippen molar-refractivity contribution in [3.05, 3.63) is 29.8 Å². The SMILES string of the molecule is CCNC(=NCc1cccc(OCC(N)=O)c1)N1CCN(CC(=O)N2CCCC2)CC1. The van der Waals surface area contributed by atoms with Gasteiger partial charge in [0.15, 0.2) is 12.6 Å². The van der Waals surface area contributed by atoms with Gasteiger partial charge in [0, 0.05) is 45.8 Å². The zero-order valence-electron chi connectivity index (χ0n) is 18.4. The fraction of sp³-hybridized carbons (Fsp3) is 0.591. The smallest absolute Gasteiger partial charge is 0.255 e. The van der Waals surface area contributed by atoms with Gasteiger partial charge in [0.25, 0.3) is 5.91 Å². The van der Waals surface area contributed by atoms with E-state index in [9.17, 15) is 9.59 Å². The first-order valence-corrected chi connectivity index (χ1v) is 11.1. The van der Waals surface area contributed by atoms with Crippen LogP contribution in [0.2, 0.25) is 0 Å². The Morgan fingerprint density at radius 1 is 1.10 bits per heavy atom. The van der Waals surface area contributed by atoms with Crippen LogP contribution in [0.3, 0.4) is 0 Å². The molecule has 0 aliphatic carbocycles. The maximum atomic E-state index is 12.4. The van der Waals surface area contributed by atoms with E-state index in [0.717, 1.165) is 70.2 Å². The molecule has 2 amide bonds. The van der Waals surface area contributed by atoms with Crippen LogP contribution in [-0.2, 0) is 16.1 Å².